The predicted molar refractivity (Wildman–Crippen MR) is 72.0 cm³/mol. The number of hydrogen-bond donors (Lipinski definition) is 3. The van der Waals surface area contributed by atoms with Crippen LogP contribution in [0.5, 0.6) is 0 Å². The number of benzene rings is 2. The molecule has 0 aliphatic rings. The molecule has 90 valence electrons. The van der Waals surface area contributed by atoms with Crippen molar-refractivity contribution in [1.82, 2.24) is 0 Å². The third-order valence-electron chi connectivity index (χ3n) is 1.88. The van der Waals surface area contributed by atoms with E-state index in [4.69, 9.17) is 0 Å². The van der Waals surface area contributed by atoms with E-state index in [1.54, 1.807) is 0 Å². The van der Waals surface area contributed by atoms with Crippen LogP contribution in [0.3, 0.4) is 0 Å². The second-order valence-electron chi connectivity index (χ2n) is 3.50. The van der Waals surface area contributed by atoms with Gasteiger partial charge in [-0.3, -0.25) is 21.1 Å². The Balaban J connectivity index is 0.000000249. The lowest BCUT2D eigenvalue weighted by Crippen LogP contribution is -2.12. The van der Waals surface area contributed by atoms with Crippen LogP contribution in [-0.4, -0.2) is 0 Å². The standard InChI is InChI=1S/C12H10.H6N3OP/c1-3-7-11(8-4-1)12-9-5-2-6-10-12;1-5(2,3)4/h1-10H;(H6,1,2,3,4). The van der Waals surface area contributed by atoms with Crippen LogP contribution in [0.4, 0.5) is 0 Å². The van der Waals surface area contributed by atoms with Crippen molar-refractivity contribution in [2.24, 2.45) is 16.5 Å². The molecule has 0 spiro atoms. The SMILES string of the molecule is NP(N)(N)=O.c1ccc(-c2ccccc2)cc1. The van der Waals surface area contributed by atoms with Gasteiger partial charge in [0.15, 0.2) is 0 Å². The molecule has 0 radical (unpaired) electrons. The maximum Gasteiger partial charge on any atom is 0.271 e. The van der Waals surface area contributed by atoms with Crippen molar-refractivity contribution in [2.45, 2.75) is 0 Å². The van der Waals surface area contributed by atoms with Crippen molar-refractivity contribution >= 4 is 7.59 Å². The van der Waals surface area contributed by atoms with Gasteiger partial charge in [-0.1, -0.05) is 60.7 Å². The molecule has 0 atom stereocenters. The molecule has 5 heteroatoms. The zero-order valence-electron chi connectivity index (χ0n) is 9.36. The molecule has 0 aliphatic heterocycles. The van der Waals surface area contributed by atoms with E-state index in [1.165, 1.54) is 11.1 Å². The van der Waals surface area contributed by atoms with Crippen molar-refractivity contribution in [2.75, 3.05) is 0 Å². The molecular formula is C12H16N3OP. The van der Waals surface area contributed by atoms with Gasteiger partial charge in [-0.15, -0.1) is 0 Å². The van der Waals surface area contributed by atoms with Crippen molar-refractivity contribution in [3.63, 3.8) is 0 Å². The predicted octanol–water partition coefficient (Wildman–Crippen LogP) is 2.32. The summed E-state index contributed by atoms with van der Waals surface area (Å²) in [5.41, 5.74) is 15.9. The van der Waals surface area contributed by atoms with Crippen LogP contribution >= 0.6 is 7.59 Å². The molecule has 2 rings (SSSR count). The highest BCUT2D eigenvalue weighted by molar-refractivity contribution is 7.56. The Morgan fingerprint density at radius 2 is 0.882 bits per heavy atom. The van der Waals surface area contributed by atoms with E-state index in [0.717, 1.165) is 0 Å². The van der Waals surface area contributed by atoms with E-state index >= 15 is 0 Å². The lowest BCUT2D eigenvalue weighted by Gasteiger charge is -1.98. The van der Waals surface area contributed by atoms with Crippen LogP contribution in [0.15, 0.2) is 60.7 Å². The molecule has 2 aromatic rings. The van der Waals surface area contributed by atoms with E-state index in [-0.39, 0.29) is 0 Å². The fourth-order valence-electron chi connectivity index (χ4n) is 1.26. The van der Waals surface area contributed by atoms with Crippen LogP contribution in [0.2, 0.25) is 0 Å². The van der Waals surface area contributed by atoms with Crippen LogP contribution < -0.4 is 16.5 Å². The molecule has 2 aromatic carbocycles. The summed E-state index contributed by atoms with van der Waals surface area (Å²) in [6.45, 7) is 0. The largest absolute Gasteiger partial charge is 0.272 e. The molecule has 0 fully saturated rings. The van der Waals surface area contributed by atoms with Gasteiger partial charge >= 0.3 is 0 Å². The molecule has 0 amide bonds. The van der Waals surface area contributed by atoms with E-state index in [9.17, 15) is 4.57 Å². The second kappa shape index (κ2) is 6.33. The monoisotopic (exact) mass is 249 g/mol. The normalized spacial score (nSPS) is 10.3. The quantitative estimate of drug-likeness (QED) is 0.676. The first-order valence-electron chi connectivity index (χ1n) is 5.03. The van der Waals surface area contributed by atoms with Crippen LogP contribution in [0.1, 0.15) is 0 Å². The summed E-state index contributed by atoms with van der Waals surface area (Å²) in [6.07, 6.45) is 0. The Kier molecular flexibility index (Phi) is 5.07. The van der Waals surface area contributed by atoms with Gasteiger partial charge in [-0.2, -0.15) is 0 Å². The van der Waals surface area contributed by atoms with Crippen LogP contribution in [0.25, 0.3) is 11.1 Å². The van der Waals surface area contributed by atoms with Crippen molar-refractivity contribution in [1.29, 1.82) is 0 Å². The highest BCUT2D eigenvalue weighted by atomic mass is 31.2. The number of rotatable bonds is 1. The molecule has 0 saturated heterocycles. The average molecular weight is 249 g/mol. The first-order chi connectivity index (χ1) is 7.97. The Bertz CT molecular complexity index is 436. The Labute approximate surface area is 101 Å². The van der Waals surface area contributed by atoms with Gasteiger partial charge in [0.2, 0.25) is 0 Å². The summed E-state index contributed by atoms with van der Waals surface area (Å²) >= 11 is 0. The van der Waals surface area contributed by atoms with Crippen molar-refractivity contribution < 1.29 is 4.57 Å². The third kappa shape index (κ3) is 6.66. The molecule has 0 aliphatic carbocycles. The zero-order chi connectivity index (χ0) is 12.7. The maximum absolute atomic E-state index is 9.55. The van der Waals surface area contributed by atoms with E-state index in [1.807, 2.05) is 12.1 Å². The van der Waals surface area contributed by atoms with Gasteiger partial charge in [0.05, 0.1) is 0 Å². The molecule has 0 aromatic heterocycles. The Hall–Kier alpha value is -1.45. The van der Waals surface area contributed by atoms with Gasteiger partial charge in [0, 0.05) is 0 Å². The van der Waals surface area contributed by atoms with Crippen molar-refractivity contribution in [3.05, 3.63) is 60.7 Å². The summed E-state index contributed by atoms with van der Waals surface area (Å²) in [5, 5.41) is 0. The smallest absolute Gasteiger partial charge is 0.271 e. The first-order valence-corrected chi connectivity index (χ1v) is 6.94. The summed E-state index contributed by atoms with van der Waals surface area (Å²) in [6, 6.07) is 20.8. The Morgan fingerprint density at radius 1 is 0.647 bits per heavy atom. The number of hydrogen-bond acceptors (Lipinski definition) is 1. The van der Waals surface area contributed by atoms with E-state index < -0.39 is 7.59 Å². The molecule has 4 nitrogen and oxygen atoms in total. The Morgan fingerprint density at radius 3 is 1.12 bits per heavy atom. The third-order valence-corrected chi connectivity index (χ3v) is 1.88. The highest BCUT2D eigenvalue weighted by Gasteiger charge is 1.91. The molecule has 17 heavy (non-hydrogen) atoms. The summed E-state index contributed by atoms with van der Waals surface area (Å²) in [7, 11) is -3.14. The van der Waals surface area contributed by atoms with Gasteiger partial charge in [0.25, 0.3) is 7.59 Å². The maximum atomic E-state index is 9.55. The summed E-state index contributed by atoms with van der Waals surface area (Å²) < 4.78 is 9.55. The van der Waals surface area contributed by atoms with Crippen LogP contribution in [-0.2, 0) is 4.57 Å². The fraction of sp³-hybridized carbons (Fsp3) is 0. The van der Waals surface area contributed by atoms with Gasteiger partial charge in [-0.25, -0.2) is 0 Å². The van der Waals surface area contributed by atoms with Crippen LogP contribution in [0, 0.1) is 0 Å². The lowest BCUT2D eigenvalue weighted by molar-refractivity contribution is 0.577. The second-order valence-corrected chi connectivity index (χ2v) is 5.02. The van der Waals surface area contributed by atoms with Gasteiger partial charge in [0.1, 0.15) is 0 Å². The minimum atomic E-state index is -3.14. The first kappa shape index (κ1) is 13.6. The average Bonchev–Trinajstić information content (AvgIpc) is 2.29. The van der Waals surface area contributed by atoms with Gasteiger partial charge < -0.3 is 0 Å². The summed E-state index contributed by atoms with van der Waals surface area (Å²) in [5.74, 6) is 0. The summed E-state index contributed by atoms with van der Waals surface area (Å²) in [4.78, 5) is 0. The van der Waals surface area contributed by atoms with Crippen molar-refractivity contribution in [3.8, 4) is 11.1 Å². The topological polar surface area (TPSA) is 95.1 Å². The van der Waals surface area contributed by atoms with E-state index in [2.05, 4.69) is 65.0 Å². The molecular weight excluding hydrogens is 233 g/mol. The molecule has 0 unspecified atom stereocenters. The van der Waals surface area contributed by atoms with E-state index in [0.29, 0.717) is 0 Å². The minimum Gasteiger partial charge on any atom is -0.272 e. The zero-order valence-corrected chi connectivity index (χ0v) is 10.3. The highest BCUT2D eigenvalue weighted by Crippen LogP contribution is 2.17. The molecule has 0 heterocycles. The number of nitrogens with two attached hydrogens (primary N) is 3. The lowest BCUT2D eigenvalue weighted by atomic mass is 10.1. The molecule has 6 N–H and O–H groups in total. The van der Waals surface area contributed by atoms with Gasteiger partial charge in [-0.05, 0) is 11.1 Å². The fourth-order valence-corrected chi connectivity index (χ4v) is 1.26. The molecule has 0 saturated carbocycles. The minimum absolute atomic E-state index is 1.28. The molecule has 0 bridgehead atoms.